The first-order chi connectivity index (χ1) is 16.4. The van der Waals surface area contributed by atoms with Gasteiger partial charge in [-0.25, -0.2) is 0 Å². The molecule has 4 nitrogen and oxygen atoms in total. The van der Waals surface area contributed by atoms with Crippen molar-refractivity contribution in [2.75, 3.05) is 39.3 Å². The number of piperidine rings is 2. The van der Waals surface area contributed by atoms with Gasteiger partial charge in [-0.15, -0.1) is 0 Å². The minimum atomic E-state index is -4.38. The summed E-state index contributed by atoms with van der Waals surface area (Å²) in [6, 6.07) is 12.7. The molecular formula is C27H34F3N3O. The van der Waals surface area contributed by atoms with Crippen molar-refractivity contribution in [1.82, 2.24) is 15.1 Å². The van der Waals surface area contributed by atoms with Crippen LogP contribution in [0.3, 0.4) is 0 Å². The van der Waals surface area contributed by atoms with Crippen molar-refractivity contribution in [3.05, 3.63) is 59.7 Å². The highest BCUT2D eigenvalue weighted by atomic mass is 19.4. The molecule has 2 heterocycles. The highest BCUT2D eigenvalue weighted by molar-refractivity contribution is 6.00. The molecule has 0 atom stereocenters. The molecule has 4 rings (SSSR count). The molecule has 184 valence electrons. The molecule has 7 heteroatoms. The summed E-state index contributed by atoms with van der Waals surface area (Å²) in [7, 11) is 0. The molecule has 0 radical (unpaired) electrons. The molecule has 0 saturated carbocycles. The summed E-state index contributed by atoms with van der Waals surface area (Å²) >= 11 is 0. The van der Waals surface area contributed by atoms with E-state index in [0.29, 0.717) is 23.2 Å². The Balaban J connectivity index is 1.24. The van der Waals surface area contributed by atoms with Crippen LogP contribution in [0.25, 0.3) is 11.1 Å². The number of nitrogens with zero attached hydrogens (tertiary/aromatic N) is 2. The van der Waals surface area contributed by atoms with Crippen LogP contribution in [0.1, 0.15) is 54.4 Å². The van der Waals surface area contributed by atoms with E-state index in [1.165, 1.54) is 57.3 Å². The number of rotatable bonds is 7. The molecule has 2 saturated heterocycles. The van der Waals surface area contributed by atoms with E-state index in [2.05, 4.69) is 15.1 Å². The molecule has 2 fully saturated rings. The predicted octanol–water partition coefficient (Wildman–Crippen LogP) is 5.44. The van der Waals surface area contributed by atoms with E-state index >= 15 is 0 Å². The van der Waals surface area contributed by atoms with Gasteiger partial charge in [0.05, 0.1) is 5.56 Å². The van der Waals surface area contributed by atoms with Gasteiger partial charge < -0.3 is 15.1 Å². The van der Waals surface area contributed by atoms with Crippen molar-refractivity contribution in [1.29, 1.82) is 0 Å². The zero-order valence-corrected chi connectivity index (χ0v) is 19.6. The van der Waals surface area contributed by atoms with Gasteiger partial charge >= 0.3 is 6.18 Å². The fraction of sp³-hybridized carbons (Fsp3) is 0.519. The zero-order valence-electron chi connectivity index (χ0n) is 19.6. The van der Waals surface area contributed by atoms with E-state index in [0.717, 1.165) is 44.2 Å². The third kappa shape index (κ3) is 6.39. The van der Waals surface area contributed by atoms with E-state index in [1.54, 1.807) is 24.3 Å². The average Bonchev–Trinajstić information content (AvgIpc) is 2.87. The van der Waals surface area contributed by atoms with Crippen LogP contribution in [0.15, 0.2) is 48.5 Å². The van der Waals surface area contributed by atoms with Gasteiger partial charge in [0, 0.05) is 18.2 Å². The lowest BCUT2D eigenvalue weighted by atomic mass is 9.98. The van der Waals surface area contributed by atoms with Crippen LogP contribution < -0.4 is 5.32 Å². The van der Waals surface area contributed by atoms with Crippen molar-refractivity contribution < 1.29 is 18.0 Å². The Hall–Kier alpha value is -2.38. The number of halogens is 3. The summed E-state index contributed by atoms with van der Waals surface area (Å²) in [5.74, 6) is -0.195. The minimum absolute atomic E-state index is 0.195. The highest BCUT2D eigenvalue weighted by Crippen LogP contribution is 2.32. The number of alkyl halides is 3. The van der Waals surface area contributed by atoms with Crippen LogP contribution in [0.5, 0.6) is 0 Å². The van der Waals surface area contributed by atoms with E-state index < -0.39 is 11.7 Å². The van der Waals surface area contributed by atoms with Gasteiger partial charge in [0.2, 0.25) is 0 Å². The summed E-state index contributed by atoms with van der Waals surface area (Å²) in [5, 5.41) is 2.99. The van der Waals surface area contributed by atoms with Gasteiger partial charge in [-0.05, 0) is 94.2 Å². The smallest absolute Gasteiger partial charge is 0.352 e. The number of hydrogen-bond acceptors (Lipinski definition) is 3. The summed E-state index contributed by atoms with van der Waals surface area (Å²) in [4.78, 5) is 18.0. The molecule has 34 heavy (non-hydrogen) atoms. The molecular weight excluding hydrogens is 439 g/mol. The van der Waals surface area contributed by atoms with Crippen molar-refractivity contribution in [3.8, 4) is 11.1 Å². The summed E-state index contributed by atoms with van der Waals surface area (Å²) in [6.07, 6.45) is 3.00. The van der Waals surface area contributed by atoms with Crippen LogP contribution in [0.2, 0.25) is 0 Å². The molecule has 0 bridgehead atoms. The number of benzene rings is 2. The van der Waals surface area contributed by atoms with Gasteiger partial charge in [0.1, 0.15) is 0 Å². The maximum absolute atomic E-state index is 12.9. The second-order valence-electron chi connectivity index (χ2n) is 9.40. The second-order valence-corrected chi connectivity index (χ2v) is 9.40. The van der Waals surface area contributed by atoms with E-state index in [1.807, 2.05) is 0 Å². The van der Waals surface area contributed by atoms with Gasteiger partial charge in [-0.2, -0.15) is 13.2 Å². The van der Waals surface area contributed by atoms with Crippen molar-refractivity contribution in [3.63, 3.8) is 0 Å². The molecule has 0 spiro atoms. The van der Waals surface area contributed by atoms with Crippen molar-refractivity contribution >= 4 is 5.91 Å². The Bertz CT molecular complexity index is 931. The van der Waals surface area contributed by atoms with Crippen LogP contribution in [0, 0.1) is 0 Å². The Morgan fingerprint density at radius 3 is 2.26 bits per heavy atom. The number of nitrogens with one attached hydrogen (secondary N) is 1. The average molecular weight is 474 g/mol. The molecule has 1 amide bonds. The zero-order chi connectivity index (χ0) is 24.0. The lowest BCUT2D eigenvalue weighted by molar-refractivity contribution is -0.137. The second kappa shape index (κ2) is 11.4. The third-order valence-electron chi connectivity index (χ3n) is 7.10. The first-order valence-electron chi connectivity index (χ1n) is 12.4. The largest absolute Gasteiger partial charge is 0.416 e. The first-order valence-corrected chi connectivity index (χ1v) is 12.4. The first kappa shape index (κ1) is 24.7. The fourth-order valence-corrected chi connectivity index (χ4v) is 5.16. The van der Waals surface area contributed by atoms with Gasteiger partial charge in [0.25, 0.3) is 5.91 Å². The molecule has 2 aromatic carbocycles. The van der Waals surface area contributed by atoms with Gasteiger partial charge in [-0.1, -0.05) is 36.8 Å². The van der Waals surface area contributed by atoms with Gasteiger partial charge in [0.15, 0.2) is 0 Å². The molecule has 0 aromatic heterocycles. The lowest BCUT2D eigenvalue weighted by Gasteiger charge is -2.40. The lowest BCUT2D eigenvalue weighted by Crippen LogP contribution is -2.47. The number of carbonyl (C=O) groups is 1. The van der Waals surface area contributed by atoms with E-state index in [-0.39, 0.29) is 5.91 Å². The molecule has 0 unspecified atom stereocenters. The number of hydrogen-bond donors (Lipinski definition) is 1. The maximum atomic E-state index is 12.9. The summed E-state index contributed by atoms with van der Waals surface area (Å²) < 4.78 is 38.6. The topological polar surface area (TPSA) is 35.6 Å². The Labute approximate surface area is 200 Å². The number of amides is 1. The number of carbonyl (C=O) groups excluding carboxylic acids is 1. The van der Waals surface area contributed by atoms with Crippen molar-refractivity contribution in [2.45, 2.75) is 50.7 Å². The Kier molecular flexibility index (Phi) is 8.27. The van der Waals surface area contributed by atoms with E-state index in [4.69, 9.17) is 0 Å². The Morgan fingerprint density at radius 1 is 0.912 bits per heavy atom. The minimum Gasteiger partial charge on any atom is -0.352 e. The van der Waals surface area contributed by atoms with Crippen LogP contribution in [-0.2, 0) is 6.18 Å². The normalized spacial score (nSPS) is 18.7. The van der Waals surface area contributed by atoms with Crippen molar-refractivity contribution in [2.24, 2.45) is 0 Å². The molecule has 2 aromatic rings. The van der Waals surface area contributed by atoms with E-state index in [9.17, 15) is 18.0 Å². The maximum Gasteiger partial charge on any atom is 0.416 e. The summed E-state index contributed by atoms with van der Waals surface area (Å²) in [6.45, 7) is 6.28. The molecule has 2 aliphatic heterocycles. The monoisotopic (exact) mass is 473 g/mol. The molecule has 0 aliphatic carbocycles. The van der Waals surface area contributed by atoms with Crippen LogP contribution in [0.4, 0.5) is 13.2 Å². The number of likely N-dealkylation sites (tertiary alicyclic amines) is 2. The molecule has 1 N–H and O–H groups in total. The van der Waals surface area contributed by atoms with Crippen LogP contribution in [-0.4, -0.2) is 61.0 Å². The quantitative estimate of drug-likeness (QED) is 0.544. The summed E-state index contributed by atoms with van der Waals surface area (Å²) in [5.41, 5.74) is 1.01. The third-order valence-corrected chi connectivity index (χ3v) is 7.10. The van der Waals surface area contributed by atoms with Crippen LogP contribution >= 0.6 is 0 Å². The SMILES string of the molecule is O=C(NCCCN1CCC(N2CCCCC2)CC1)c1ccccc1-c1ccc(C(F)(F)F)cc1. The van der Waals surface area contributed by atoms with Gasteiger partial charge in [-0.3, -0.25) is 4.79 Å². The standard InChI is InChI=1S/C27H34F3N3O/c28-27(29,30)22-11-9-21(10-12-22)24-7-2-3-8-25(24)26(34)31-15-6-16-32-19-13-23(14-20-32)33-17-4-1-5-18-33/h2-3,7-12,23H,1,4-6,13-20H2,(H,31,34). The highest BCUT2D eigenvalue weighted by Gasteiger charge is 2.30. The fourth-order valence-electron chi connectivity index (χ4n) is 5.16. The Morgan fingerprint density at radius 2 is 1.59 bits per heavy atom. The molecule has 2 aliphatic rings. The predicted molar refractivity (Wildman–Crippen MR) is 129 cm³/mol.